The molecule has 1 saturated heterocycles. The third-order valence-electron chi connectivity index (χ3n) is 6.54. The minimum absolute atomic E-state index is 0.0110. The van der Waals surface area contributed by atoms with Crippen LogP contribution in [0.4, 0.5) is 4.39 Å². The Kier molecular flexibility index (Phi) is 7.70. The van der Waals surface area contributed by atoms with E-state index in [-0.39, 0.29) is 34.6 Å². The molecule has 0 radical (unpaired) electrons. The summed E-state index contributed by atoms with van der Waals surface area (Å²) in [6.07, 6.45) is 3.70. The number of esters is 1. The van der Waals surface area contributed by atoms with Gasteiger partial charge >= 0.3 is 5.97 Å². The van der Waals surface area contributed by atoms with Crippen molar-refractivity contribution in [2.75, 3.05) is 19.8 Å². The van der Waals surface area contributed by atoms with Crippen LogP contribution in [0.1, 0.15) is 52.0 Å². The van der Waals surface area contributed by atoms with Crippen molar-refractivity contribution < 1.29 is 31.8 Å². The summed E-state index contributed by atoms with van der Waals surface area (Å²) in [4.78, 5) is 12.7. The van der Waals surface area contributed by atoms with Gasteiger partial charge in [0.2, 0.25) is 0 Å². The van der Waals surface area contributed by atoms with Crippen LogP contribution in [0.3, 0.4) is 0 Å². The number of carbonyl (C=O) groups is 1. The normalized spacial score (nSPS) is 22.4. The Morgan fingerprint density at radius 2 is 1.88 bits per heavy atom. The molecular weight excluding hydrogens is 459 g/mol. The fourth-order valence-electron chi connectivity index (χ4n) is 4.14. The molecule has 1 heterocycles. The van der Waals surface area contributed by atoms with Crippen molar-refractivity contribution in [1.29, 1.82) is 0 Å². The highest BCUT2D eigenvalue weighted by Gasteiger charge is 2.48. The molecule has 0 saturated carbocycles. The molecule has 1 aromatic carbocycles. The van der Waals surface area contributed by atoms with Gasteiger partial charge in [0.25, 0.3) is 0 Å². The van der Waals surface area contributed by atoms with Crippen molar-refractivity contribution in [2.24, 2.45) is 5.41 Å². The number of hydrogen-bond donors (Lipinski definition) is 0. The largest absolute Gasteiger partial charge is 0.463 e. The molecule has 6 nitrogen and oxygen atoms in total. The molecule has 178 valence electrons. The number of benzene rings is 1. The Labute approximate surface area is 194 Å². The van der Waals surface area contributed by atoms with Crippen LogP contribution in [-0.4, -0.2) is 45.2 Å². The maximum absolute atomic E-state index is 13.4. The molecule has 0 amide bonds. The maximum Gasteiger partial charge on any atom is 0.335 e. The van der Waals surface area contributed by atoms with Gasteiger partial charge in [0.1, 0.15) is 5.82 Å². The van der Waals surface area contributed by atoms with E-state index in [9.17, 15) is 17.6 Å². The minimum Gasteiger partial charge on any atom is -0.463 e. The third-order valence-corrected chi connectivity index (χ3v) is 8.96. The molecule has 0 aromatic heterocycles. The predicted molar refractivity (Wildman–Crippen MR) is 119 cm³/mol. The standard InChI is InChI=1S/C23H30ClFO6S/c1-4-22(5-2)14-30-23(31-15-22)10-9-20(18(12-23)21(26)29-6-3)32(27,28)13-16-7-8-17(25)11-19(16)24/h7-8,11-12,20H,4-6,9-10,13-15H2,1-3H3. The van der Waals surface area contributed by atoms with Crippen molar-refractivity contribution in [2.45, 2.75) is 63.2 Å². The third kappa shape index (κ3) is 5.19. The van der Waals surface area contributed by atoms with E-state index in [2.05, 4.69) is 13.8 Å². The SMILES string of the molecule is CCOC(=O)C1=CC2(CCC1S(=O)(=O)Cc1ccc(F)cc1Cl)OCC(CC)(CC)CO2. The fourth-order valence-corrected chi connectivity index (χ4v) is 6.37. The summed E-state index contributed by atoms with van der Waals surface area (Å²) in [6.45, 7) is 6.86. The summed E-state index contributed by atoms with van der Waals surface area (Å²) < 4.78 is 57.3. The zero-order valence-electron chi connectivity index (χ0n) is 18.7. The number of hydrogen-bond acceptors (Lipinski definition) is 6. The Morgan fingerprint density at radius 1 is 1.22 bits per heavy atom. The van der Waals surface area contributed by atoms with Crippen LogP contribution in [0.2, 0.25) is 5.02 Å². The lowest BCUT2D eigenvalue weighted by molar-refractivity contribution is -0.284. The Bertz CT molecular complexity index is 976. The number of ether oxygens (including phenoxy) is 3. The molecule has 1 unspecified atom stereocenters. The van der Waals surface area contributed by atoms with Gasteiger partial charge in [0.05, 0.1) is 36.4 Å². The molecule has 3 rings (SSSR count). The van der Waals surface area contributed by atoms with E-state index in [0.29, 0.717) is 19.6 Å². The summed E-state index contributed by atoms with van der Waals surface area (Å²) in [5.74, 6) is -2.82. The number of carbonyl (C=O) groups excluding carboxylic acids is 1. The van der Waals surface area contributed by atoms with Crippen LogP contribution in [0.15, 0.2) is 29.8 Å². The topological polar surface area (TPSA) is 78.9 Å². The molecule has 0 N–H and O–H groups in total. The van der Waals surface area contributed by atoms with Gasteiger partial charge in [-0.05, 0) is 50.0 Å². The summed E-state index contributed by atoms with van der Waals surface area (Å²) in [5, 5.41) is -1.07. The molecule has 32 heavy (non-hydrogen) atoms. The van der Waals surface area contributed by atoms with Crippen LogP contribution < -0.4 is 0 Å². The van der Waals surface area contributed by atoms with Crippen molar-refractivity contribution in [1.82, 2.24) is 0 Å². The maximum atomic E-state index is 13.4. The predicted octanol–water partition coefficient (Wildman–Crippen LogP) is 4.60. The van der Waals surface area contributed by atoms with Crippen molar-refractivity contribution in [3.63, 3.8) is 0 Å². The van der Waals surface area contributed by atoms with E-state index < -0.39 is 38.4 Å². The second-order valence-corrected chi connectivity index (χ2v) is 11.1. The monoisotopic (exact) mass is 488 g/mol. The van der Waals surface area contributed by atoms with Crippen molar-refractivity contribution in [3.8, 4) is 0 Å². The average molecular weight is 489 g/mol. The molecule has 1 fully saturated rings. The van der Waals surface area contributed by atoms with E-state index in [0.717, 1.165) is 25.0 Å². The quantitative estimate of drug-likeness (QED) is 0.522. The lowest BCUT2D eigenvalue weighted by atomic mass is 9.82. The minimum atomic E-state index is -3.86. The van der Waals surface area contributed by atoms with Gasteiger partial charge in [-0.15, -0.1) is 0 Å². The molecule has 1 aliphatic carbocycles. The van der Waals surface area contributed by atoms with Crippen molar-refractivity contribution >= 4 is 27.4 Å². The highest BCUT2D eigenvalue weighted by atomic mass is 35.5. The first-order valence-corrected chi connectivity index (χ1v) is 13.0. The molecule has 1 spiro atoms. The summed E-state index contributed by atoms with van der Waals surface area (Å²) in [7, 11) is -3.86. The zero-order chi connectivity index (χ0) is 23.6. The lowest BCUT2D eigenvalue weighted by Gasteiger charge is -2.46. The highest BCUT2D eigenvalue weighted by Crippen LogP contribution is 2.43. The van der Waals surface area contributed by atoms with Gasteiger partial charge in [-0.2, -0.15) is 0 Å². The van der Waals surface area contributed by atoms with Gasteiger partial charge in [0.15, 0.2) is 15.6 Å². The van der Waals surface area contributed by atoms with Gasteiger partial charge in [-0.25, -0.2) is 17.6 Å². The smallest absolute Gasteiger partial charge is 0.335 e. The first kappa shape index (κ1) is 25.1. The number of sulfone groups is 1. The van der Waals surface area contributed by atoms with Gasteiger partial charge in [-0.1, -0.05) is 31.5 Å². The molecule has 1 aliphatic heterocycles. The first-order chi connectivity index (χ1) is 15.1. The van der Waals surface area contributed by atoms with E-state index in [1.165, 1.54) is 12.1 Å². The second kappa shape index (κ2) is 9.79. The van der Waals surface area contributed by atoms with E-state index in [1.54, 1.807) is 6.92 Å². The van der Waals surface area contributed by atoms with Crippen LogP contribution in [-0.2, 0) is 34.6 Å². The Balaban J connectivity index is 1.91. The second-order valence-electron chi connectivity index (χ2n) is 8.49. The number of halogens is 2. The Morgan fingerprint density at radius 3 is 2.44 bits per heavy atom. The average Bonchev–Trinajstić information content (AvgIpc) is 2.77. The zero-order valence-corrected chi connectivity index (χ0v) is 20.2. The van der Waals surface area contributed by atoms with Gasteiger partial charge < -0.3 is 14.2 Å². The molecule has 1 aromatic rings. The van der Waals surface area contributed by atoms with Crippen LogP contribution in [0.25, 0.3) is 0 Å². The fraction of sp³-hybridized carbons (Fsp3) is 0.609. The molecular formula is C23H30ClFO6S. The molecule has 9 heteroatoms. The lowest BCUT2D eigenvalue weighted by Crippen LogP contribution is -2.51. The summed E-state index contributed by atoms with van der Waals surface area (Å²) >= 11 is 6.04. The van der Waals surface area contributed by atoms with E-state index in [4.69, 9.17) is 25.8 Å². The first-order valence-electron chi connectivity index (χ1n) is 10.9. The summed E-state index contributed by atoms with van der Waals surface area (Å²) in [5.41, 5.74) is 0.195. The van der Waals surface area contributed by atoms with E-state index in [1.807, 2.05) is 0 Å². The molecule has 0 bridgehead atoms. The van der Waals surface area contributed by atoms with Crippen LogP contribution >= 0.6 is 11.6 Å². The summed E-state index contributed by atoms with van der Waals surface area (Å²) in [6, 6.07) is 3.57. The van der Waals surface area contributed by atoms with Crippen LogP contribution in [0.5, 0.6) is 0 Å². The molecule has 1 atom stereocenters. The van der Waals surface area contributed by atoms with Crippen LogP contribution in [0, 0.1) is 11.2 Å². The van der Waals surface area contributed by atoms with Gasteiger partial charge in [0, 0.05) is 16.9 Å². The van der Waals surface area contributed by atoms with Crippen molar-refractivity contribution in [3.05, 3.63) is 46.3 Å². The Hall–Kier alpha value is -1.48. The van der Waals surface area contributed by atoms with Gasteiger partial charge in [-0.3, -0.25) is 0 Å². The number of rotatable bonds is 7. The molecule has 2 aliphatic rings. The highest BCUT2D eigenvalue weighted by molar-refractivity contribution is 7.91. The van der Waals surface area contributed by atoms with E-state index >= 15 is 0 Å².